The number of aliphatic hydroxyl groups excluding tert-OH is 1. The summed E-state index contributed by atoms with van der Waals surface area (Å²) in [5.41, 5.74) is 4.00. The van der Waals surface area contributed by atoms with E-state index in [9.17, 15) is 5.11 Å². The van der Waals surface area contributed by atoms with Gasteiger partial charge in [0.2, 0.25) is 0 Å². The van der Waals surface area contributed by atoms with E-state index in [1.165, 1.54) is 0 Å². The maximum atomic E-state index is 11.5. The van der Waals surface area contributed by atoms with Crippen molar-refractivity contribution in [2.75, 3.05) is 11.9 Å². The molecule has 6 nitrogen and oxygen atoms in total. The molecule has 4 aromatic rings. The highest BCUT2D eigenvalue weighted by Gasteiger charge is 2.47. The second-order valence-electron chi connectivity index (χ2n) is 9.63. The fourth-order valence-electron chi connectivity index (χ4n) is 4.66. The molecule has 0 amide bonds. The van der Waals surface area contributed by atoms with Crippen molar-refractivity contribution in [3.8, 4) is 0 Å². The van der Waals surface area contributed by atoms with Crippen LogP contribution in [0.2, 0.25) is 0 Å². The number of hydrogen-bond donors (Lipinski definition) is 2. The average molecular weight is 526 g/mol. The molecule has 0 radical (unpaired) electrons. The van der Waals surface area contributed by atoms with Gasteiger partial charge in [0.05, 0.1) is 26.4 Å². The highest BCUT2D eigenvalue weighted by Crippen LogP contribution is 2.29. The molecule has 1 aliphatic heterocycles. The van der Waals surface area contributed by atoms with E-state index < -0.39 is 30.6 Å². The standard InChI is InChI=1S/C33H35NO5/c35-31-29(24-36-21-25-13-5-1-6-14-25)39-33(38-23-27-17-9-3-10-18-27)30(34-28-19-11-4-12-20-28)32(31)37-22-26-15-7-2-8-16-26/h1-20,29-35H,21-24H2. The quantitative estimate of drug-likeness (QED) is 0.252. The summed E-state index contributed by atoms with van der Waals surface area (Å²) < 4.78 is 25.1. The molecule has 4 aromatic carbocycles. The number of benzene rings is 4. The summed E-state index contributed by atoms with van der Waals surface area (Å²) in [5.74, 6) is 0. The van der Waals surface area contributed by atoms with Gasteiger partial charge in [0.25, 0.3) is 0 Å². The first-order valence-corrected chi connectivity index (χ1v) is 13.3. The van der Waals surface area contributed by atoms with Crippen LogP contribution in [0.25, 0.3) is 0 Å². The largest absolute Gasteiger partial charge is 0.388 e. The van der Waals surface area contributed by atoms with Crippen molar-refractivity contribution in [1.29, 1.82) is 0 Å². The molecule has 6 heteroatoms. The van der Waals surface area contributed by atoms with Gasteiger partial charge in [-0.3, -0.25) is 0 Å². The topological polar surface area (TPSA) is 69.2 Å². The highest BCUT2D eigenvalue weighted by atomic mass is 16.7. The van der Waals surface area contributed by atoms with E-state index in [0.29, 0.717) is 19.8 Å². The maximum absolute atomic E-state index is 11.5. The molecule has 0 spiro atoms. The Balaban J connectivity index is 1.36. The van der Waals surface area contributed by atoms with Gasteiger partial charge in [-0.15, -0.1) is 0 Å². The fraction of sp³-hybridized carbons (Fsp3) is 0.273. The first kappa shape index (κ1) is 27.1. The second-order valence-corrected chi connectivity index (χ2v) is 9.63. The molecule has 0 aromatic heterocycles. The summed E-state index contributed by atoms with van der Waals surface area (Å²) in [6.07, 6.45) is -2.89. The van der Waals surface area contributed by atoms with E-state index in [2.05, 4.69) is 5.32 Å². The SMILES string of the molecule is OC1C(COCc2ccccc2)OC(OCc2ccccc2)C(Nc2ccccc2)C1OCc1ccccc1. The molecule has 0 aliphatic carbocycles. The lowest BCUT2D eigenvalue weighted by Gasteiger charge is -2.45. The predicted molar refractivity (Wildman–Crippen MR) is 151 cm³/mol. The van der Waals surface area contributed by atoms with E-state index in [4.69, 9.17) is 18.9 Å². The Bertz CT molecular complexity index is 1230. The van der Waals surface area contributed by atoms with E-state index in [1.807, 2.05) is 121 Å². The second kappa shape index (κ2) is 14.0. The van der Waals surface area contributed by atoms with E-state index in [0.717, 1.165) is 22.4 Å². The van der Waals surface area contributed by atoms with Crippen molar-refractivity contribution in [3.63, 3.8) is 0 Å². The molecule has 1 fully saturated rings. The van der Waals surface area contributed by atoms with Crippen LogP contribution in [-0.2, 0) is 38.8 Å². The Labute approximate surface area is 230 Å². The van der Waals surface area contributed by atoms with Gasteiger partial charge in [-0.1, -0.05) is 109 Å². The van der Waals surface area contributed by atoms with Crippen molar-refractivity contribution < 1.29 is 24.1 Å². The van der Waals surface area contributed by atoms with Crippen LogP contribution in [0, 0.1) is 0 Å². The van der Waals surface area contributed by atoms with Crippen LogP contribution < -0.4 is 5.32 Å². The van der Waals surface area contributed by atoms with Crippen LogP contribution in [0.4, 0.5) is 5.69 Å². The summed E-state index contributed by atoms with van der Waals surface area (Å²) in [5, 5.41) is 15.0. The number of para-hydroxylation sites is 1. The normalized spacial score (nSPS) is 22.8. The summed E-state index contributed by atoms with van der Waals surface area (Å²) in [4.78, 5) is 0. The fourth-order valence-corrected chi connectivity index (χ4v) is 4.66. The minimum Gasteiger partial charge on any atom is -0.388 e. The van der Waals surface area contributed by atoms with Crippen molar-refractivity contribution in [2.45, 2.75) is 50.5 Å². The zero-order valence-electron chi connectivity index (χ0n) is 21.8. The van der Waals surface area contributed by atoms with Crippen LogP contribution in [-0.4, -0.2) is 42.4 Å². The highest BCUT2D eigenvalue weighted by molar-refractivity contribution is 5.44. The predicted octanol–water partition coefficient (Wildman–Crippen LogP) is 5.57. The minimum absolute atomic E-state index is 0.199. The average Bonchev–Trinajstić information content (AvgIpc) is 2.99. The van der Waals surface area contributed by atoms with Crippen molar-refractivity contribution in [1.82, 2.24) is 0 Å². The van der Waals surface area contributed by atoms with Gasteiger partial charge in [0, 0.05) is 5.69 Å². The first-order chi connectivity index (χ1) is 19.3. The molecule has 39 heavy (non-hydrogen) atoms. The molecular formula is C33H35NO5. The number of nitrogens with one attached hydrogen (secondary N) is 1. The lowest BCUT2D eigenvalue weighted by Crippen LogP contribution is -2.62. The molecule has 5 unspecified atom stereocenters. The monoisotopic (exact) mass is 525 g/mol. The number of aliphatic hydroxyl groups is 1. The molecule has 1 saturated heterocycles. The van der Waals surface area contributed by atoms with Gasteiger partial charge in [0.15, 0.2) is 6.29 Å². The molecule has 0 bridgehead atoms. The van der Waals surface area contributed by atoms with Gasteiger partial charge in [0.1, 0.15) is 24.4 Å². The van der Waals surface area contributed by atoms with Crippen molar-refractivity contribution >= 4 is 5.69 Å². The Hall–Kier alpha value is -3.52. The van der Waals surface area contributed by atoms with E-state index in [1.54, 1.807) is 0 Å². The Kier molecular flexibility index (Phi) is 9.74. The molecule has 1 heterocycles. The van der Waals surface area contributed by atoms with Gasteiger partial charge in [-0.25, -0.2) is 0 Å². The molecular weight excluding hydrogens is 490 g/mol. The first-order valence-electron chi connectivity index (χ1n) is 13.3. The van der Waals surface area contributed by atoms with Gasteiger partial charge in [-0.2, -0.15) is 0 Å². The molecule has 202 valence electrons. The molecule has 0 saturated carbocycles. The molecule has 1 aliphatic rings. The van der Waals surface area contributed by atoms with Gasteiger partial charge >= 0.3 is 0 Å². The van der Waals surface area contributed by atoms with Gasteiger partial charge in [-0.05, 0) is 28.8 Å². The number of ether oxygens (including phenoxy) is 4. The zero-order chi connectivity index (χ0) is 26.7. The Morgan fingerprint density at radius 2 is 1.10 bits per heavy atom. The van der Waals surface area contributed by atoms with Crippen LogP contribution in [0.3, 0.4) is 0 Å². The third-order valence-electron chi connectivity index (χ3n) is 6.72. The Morgan fingerprint density at radius 1 is 0.615 bits per heavy atom. The smallest absolute Gasteiger partial charge is 0.181 e. The van der Waals surface area contributed by atoms with Crippen LogP contribution in [0.15, 0.2) is 121 Å². The van der Waals surface area contributed by atoms with Crippen molar-refractivity contribution in [2.24, 2.45) is 0 Å². The van der Waals surface area contributed by atoms with E-state index in [-0.39, 0.29) is 6.61 Å². The lowest BCUT2D eigenvalue weighted by molar-refractivity contribution is -0.276. The third kappa shape index (κ3) is 7.76. The maximum Gasteiger partial charge on any atom is 0.181 e. The lowest BCUT2D eigenvalue weighted by atomic mass is 9.96. The summed E-state index contributed by atoms with van der Waals surface area (Å²) >= 11 is 0. The third-order valence-corrected chi connectivity index (χ3v) is 6.72. The van der Waals surface area contributed by atoms with Crippen LogP contribution >= 0.6 is 0 Å². The van der Waals surface area contributed by atoms with Crippen LogP contribution in [0.5, 0.6) is 0 Å². The summed E-state index contributed by atoms with van der Waals surface area (Å²) in [7, 11) is 0. The van der Waals surface area contributed by atoms with Crippen LogP contribution in [0.1, 0.15) is 16.7 Å². The van der Waals surface area contributed by atoms with Gasteiger partial charge < -0.3 is 29.4 Å². The molecule has 5 atom stereocenters. The molecule has 2 N–H and O–H groups in total. The number of rotatable bonds is 12. The van der Waals surface area contributed by atoms with E-state index >= 15 is 0 Å². The summed E-state index contributed by atoms with van der Waals surface area (Å²) in [6.45, 7) is 1.32. The van der Waals surface area contributed by atoms with Crippen molar-refractivity contribution in [3.05, 3.63) is 138 Å². The minimum atomic E-state index is -0.942. The molecule has 5 rings (SSSR count). The Morgan fingerprint density at radius 3 is 1.67 bits per heavy atom. The zero-order valence-corrected chi connectivity index (χ0v) is 21.8. The summed E-state index contributed by atoms with van der Waals surface area (Å²) in [6, 6.07) is 39.2. The number of hydrogen-bond acceptors (Lipinski definition) is 6. The number of anilines is 1.